The van der Waals surface area contributed by atoms with Crippen LogP contribution >= 0.6 is 11.8 Å². The molecular weight excluding hydrogens is 270 g/mol. The Labute approximate surface area is 109 Å². The fourth-order valence-corrected chi connectivity index (χ4v) is 2.94. The van der Waals surface area contributed by atoms with E-state index in [4.69, 9.17) is 10.9 Å². The molecule has 2 aromatic rings. The van der Waals surface area contributed by atoms with E-state index in [1.165, 1.54) is 23.9 Å². The van der Waals surface area contributed by atoms with Gasteiger partial charge in [0.05, 0.1) is 4.90 Å². The molecule has 0 saturated carbocycles. The summed E-state index contributed by atoms with van der Waals surface area (Å²) < 4.78 is 22.6. The monoisotopic (exact) mass is 281 g/mol. The fraction of sp³-hybridized carbons (Fsp3) is 0. The zero-order chi connectivity index (χ0) is 13.2. The molecule has 0 aliphatic heterocycles. The molecule has 1 heterocycles. The van der Waals surface area contributed by atoms with E-state index in [2.05, 4.69) is 4.98 Å². The summed E-state index contributed by atoms with van der Waals surface area (Å²) in [5.41, 5.74) is 6.02. The highest BCUT2D eigenvalue weighted by molar-refractivity contribution is 7.99. The minimum Gasteiger partial charge on any atom is -0.399 e. The Morgan fingerprint density at radius 2 is 1.72 bits per heavy atom. The molecule has 0 atom stereocenters. The molecule has 0 radical (unpaired) electrons. The predicted molar refractivity (Wildman–Crippen MR) is 70.6 cm³/mol. The van der Waals surface area contributed by atoms with Gasteiger partial charge in [0.2, 0.25) is 10.0 Å². The number of nitrogens with two attached hydrogens (primary N) is 2. The summed E-state index contributed by atoms with van der Waals surface area (Å²) in [7, 11) is -3.75. The van der Waals surface area contributed by atoms with Crippen molar-refractivity contribution in [2.24, 2.45) is 5.14 Å². The standard InChI is InChI=1S/C11H11N3O2S2/c12-8-5-10(7-11(6-8)18(13,15)16)17-9-1-3-14-4-2-9/h1-7H,12H2,(H2,13,15,16). The number of rotatable bonds is 3. The lowest BCUT2D eigenvalue weighted by Crippen LogP contribution is -2.12. The summed E-state index contributed by atoms with van der Waals surface area (Å²) in [6.07, 6.45) is 3.32. The van der Waals surface area contributed by atoms with E-state index in [0.717, 1.165) is 4.90 Å². The molecule has 0 bridgehead atoms. The molecule has 0 saturated heterocycles. The number of aromatic nitrogens is 1. The van der Waals surface area contributed by atoms with Crippen LogP contribution in [0.5, 0.6) is 0 Å². The number of sulfonamides is 1. The van der Waals surface area contributed by atoms with Gasteiger partial charge in [-0.25, -0.2) is 13.6 Å². The maximum Gasteiger partial charge on any atom is 0.238 e. The van der Waals surface area contributed by atoms with Crippen LogP contribution in [0, 0.1) is 0 Å². The summed E-state index contributed by atoms with van der Waals surface area (Å²) in [5, 5.41) is 5.09. The number of pyridine rings is 1. The Bertz CT molecular complexity index is 657. The molecule has 0 spiro atoms. The zero-order valence-corrected chi connectivity index (χ0v) is 10.9. The van der Waals surface area contributed by atoms with Gasteiger partial charge in [0.1, 0.15) is 0 Å². The van der Waals surface area contributed by atoms with Gasteiger partial charge in [0, 0.05) is 27.9 Å². The highest BCUT2D eigenvalue weighted by atomic mass is 32.2. The van der Waals surface area contributed by atoms with Gasteiger partial charge >= 0.3 is 0 Å². The Hall–Kier alpha value is -1.57. The average molecular weight is 281 g/mol. The number of benzene rings is 1. The zero-order valence-electron chi connectivity index (χ0n) is 9.28. The Morgan fingerprint density at radius 1 is 1.06 bits per heavy atom. The van der Waals surface area contributed by atoms with Crippen LogP contribution in [0.1, 0.15) is 0 Å². The van der Waals surface area contributed by atoms with Gasteiger partial charge in [-0.1, -0.05) is 11.8 Å². The van der Waals surface area contributed by atoms with Crippen molar-refractivity contribution in [1.29, 1.82) is 0 Å². The number of anilines is 1. The molecule has 18 heavy (non-hydrogen) atoms. The third kappa shape index (κ3) is 3.22. The molecular formula is C11H11N3O2S2. The summed E-state index contributed by atoms with van der Waals surface area (Å²) >= 11 is 1.39. The van der Waals surface area contributed by atoms with Gasteiger partial charge < -0.3 is 5.73 Å². The van der Waals surface area contributed by atoms with Crippen molar-refractivity contribution in [3.8, 4) is 0 Å². The Kier molecular flexibility index (Phi) is 3.55. The van der Waals surface area contributed by atoms with E-state index in [1.807, 2.05) is 12.1 Å². The quantitative estimate of drug-likeness (QED) is 0.830. The summed E-state index contributed by atoms with van der Waals surface area (Å²) in [6.45, 7) is 0. The molecule has 1 aromatic heterocycles. The first-order chi connectivity index (χ1) is 8.45. The van der Waals surface area contributed by atoms with Crippen molar-refractivity contribution in [3.05, 3.63) is 42.7 Å². The lowest BCUT2D eigenvalue weighted by molar-refractivity contribution is 0.597. The highest BCUT2D eigenvalue weighted by Crippen LogP contribution is 2.30. The molecule has 0 unspecified atom stereocenters. The van der Waals surface area contributed by atoms with Gasteiger partial charge in [-0.2, -0.15) is 0 Å². The van der Waals surface area contributed by atoms with Crippen LogP contribution in [0.25, 0.3) is 0 Å². The average Bonchev–Trinajstić information content (AvgIpc) is 2.28. The second-order valence-corrected chi connectivity index (χ2v) is 6.28. The summed E-state index contributed by atoms with van der Waals surface area (Å²) in [6, 6.07) is 8.18. The lowest BCUT2D eigenvalue weighted by Gasteiger charge is -2.05. The Balaban J connectivity index is 2.38. The third-order valence-corrected chi connectivity index (χ3v) is 3.99. The van der Waals surface area contributed by atoms with Gasteiger partial charge in [-0.05, 0) is 30.3 Å². The molecule has 0 fully saturated rings. The maximum absolute atomic E-state index is 11.3. The van der Waals surface area contributed by atoms with Crippen molar-refractivity contribution < 1.29 is 8.42 Å². The van der Waals surface area contributed by atoms with E-state index in [1.54, 1.807) is 18.5 Å². The van der Waals surface area contributed by atoms with Gasteiger partial charge in [-0.3, -0.25) is 4.98 Å². The van der Waals surface area contributed by atoms with E-state index >= 15 is 0 Å². The molecule has 2 rings (SSSR count). The minimum absolute atomic E-state index is 0.0130. The molecule has 94 valence electrons. The molecule has 0 aliphatic carbocycles. The molecule has 5 nitrogen and oxygen atoms in total. The third-order valence-electron chi connectivity index (χ3n) is 2.12. The SMILES string of the molecule is Nc1cc(Sc2ccncc2)cc(S(N)(=O)=O)c1. The van der Waals surface area contributed by atoms with E-state index in [-0.39, 0.29) is 4.90 Å². The maximum atomic E-state index is 11.3. The first kappa shape index (κ1) is 12.9. The van der Waals surface area contributed by atoms with Crippen LogP contribution in [0.3, 0.4) is 0 Å². The number of hydrogen-bond acceptors (Lipinski definition) is 5. The molecule has 4 N–H and O–H groups in total. The number of primary sulfonamides is 1. The Morgan fingerprint density at radius 3 is 2.33 bits per heavy atom. The molecule has 7 heteroatoms. The van der Waals surface area contributed by atoms with Gasteiger partial charge in [0.25, 0.3) is 0 Å². The van der Waals surface area contributed by atoms with Crippen molar-refractivity contribution in [3.63, 3.8) is 0 Å². The molecule has 0 aliphatic rings. The van der Waals surface area contributed by atoms with E-state index < -0.39 is 10.0 Å². The van der Waals surface area contributed by atoms with Crippen LogP contribution in [-0.2, 0) is 10.0 Å². The summed E-state index contributed by atoms with van der Waals surface area (Å²) in [5.74, 6) is 0. The fourth-order valence-electron chi connectivity index (χ4n) is 1.36. The highest BCUT2D eigenvalue weighted by Gasteiger charge is 2.10. The van der Waals surface area contributed by atoms with Gasteiger partial charge in [-0.15, -0.1) is 0 Å². The summed E-state index contributed by atoms with van der Waals surface area (Å²) in [4.78, 5) is 5.57. The molecule has 0 amide bonds. The number of hydrogen-bond donors (Lipinski definition) is 2. The second kappa shape index (κ2) is 4.97. The van der Waals surface area contributed by atoms with Crippen LogP contribution < -0.4 is 10.9 Å². The number of nitrogen functional groups attached to an aromatic ring is 1. The minimum atomic E-state index is -3.75. The first-order valence-corrected chi connectivity index (χ1v) is 7.33. The van der Waals surface area contributed by atoms with E-state index in [0.29, 0.717) is 10.6 Å². The van der Waals surface area contributed by atoms with Crippen LogP contribution in [0.4, 0.5) is 5.69 Å². The van der Waals surface area contributed by atoms with Crippen molar-refractivity contribution in [2.45, 2.75) is 14.7 Å². The van der Waals surface area contributed by atoms with Crippen LogP contribution in [-0.4, -0.2) is 13.4 Å². The van der Waals surface area contributed by atoms with Gasteiger partial charge in [0.15, 0.2) is 0 Å². The second-order valence-electron chi connectivity index (χ2n) is 3.57. The van der Waals surface area contributed by atoms with E-state index in [9.17, 15) is 8.42 Å². The predicted octanol–water partition coefficient (Wildman–Crippen LogP) is 1.46. The topological polar surface area (TPSA) is 99.1 Å². The molecule has 1 aromatic carbocycles. The smallest absolute Gasteiger partial charge is 0.238 e. The lowest BCUT2D eigenvalue weighted by atomic mass is 10.3. The van der Waals surface area contributed by atoms with Crippen LogP contribution in [0.15, 0.2) is 57.4 Å². The van der Waals surface area contributed by atoms with Crippen molar-refractivity contribution in [1.82, 2.24) is 4.98 Å². The normalized spacial score (nSPS) is 11.4. The van der Waals surface area contributed by atoms with Crippen molar-refractivity contribution in [2.75, 3.05) is 5.73 Å². The largest absolute Gasteiger partial charge is 0.399 e. The van der Waals surface area contributed by atoms with Crippen LogP contribution in [0.2, 0.25) is 0 Å². The van der Waals surface area contributed by atoms with Crippen molar-refractivity contribution >= 4 is 27.5 Å². The number of nitrogens with zero attached hydrogens (tertiary/aromatic N) is 1. The first-order valence-electron chi connectivity index (χ1n) is 4.96.